The van der Waals surface area contributed by atoms with Gasteiger partial charge in [0.15, 0.2) is 0 Å². The van der Waals surface area contributed by atoms with Gasteiger partial charge in [0.25, 0.3) is 11.7 Å². The second-order valence-electron chi connectivity index (χ2n) is 7.75. The van der Waals surface area contributed by atoms with Crippen molar-refractivity contribution in [3.8, 4) is 5.75 Å². The molecule has 6 heteroatoms. The van der Waals surface area contributed by atoms with Gasteiger partial charge in [-0.3, -0.25) is 14.5 Å². The molecular weight excluding hydrogens is 426 g/mol. The van der Waals surface area contributed by atoms with Gasteiger partial charge in [0.05, 0.1) is 17.7 Å². The van der Waals surface area contributed by atoms with Gasteiger partial charge >= 0.3 is 0 Å². The Balaban J connectivity index is 1.89. The summed E-state index contributed by atoms with van der Waals surface area (Å²) in [4.78, 5) is 27.7. The highest BCUT2D eigenvalue weighted by atomic mass is 35.5. The number of anilines is 1. The smallest absolute Gasteiger partial charge is 0.300 e. The molecule has 1 heterocycles. The highest BCUT2D eigenvalue weighted by Crippen LogP contribution is 2.42. The Hall–Kier alpha value is -3.57. The maximum absolute atomic E-state index is 13.2. The van der Waals surface area contributed by atoms with Gasteiger partial charge in [-0.15, -0.1) is 0 Å². The molecule has 0 radical (unpaired) electrons. The number of carbonyl (C=O) groups is 2. The first-order chi connectivity index (χ1) is 15.4. The van der Waals surface area contributed by atoms with Crippen LogP contribution in [0.25, 0.3) is 5.76 Å². The quantitative estimate of drug-likeness (QED) is 0.307. The third-order valence-electron chi connectivity index (χ3n) is 5.14. The Morgan fingerprint density at radius 2 is 1.66 bits per heavy atom. The summed E-state index contributed by atoms with van der Waals surface area (Å²) in [6, 6.07) is 21.9. The third kappa shape index (κ3) is 4.12. The minimum absolute atomic E-state index is 0.0258. The van der Waals surface area contributed by atoms with E-state index in [-0.39, 0.29) is 17.4 Å². The van der Waals surface area contributed by atoms with Crippen molar-refractivity contribution in [2.24, 2.45) is 0 Å². The number of hydrogen-bond acceptors (Lipinski definition) is 4. The number of benzene rings is 3. The summed E-state index contributed by atoms with van der Waals surface area (Å²) in [6.45, 7) is 3.80. The van der Waals surface area contributed by atoms with Crippen LogP contribution in [0.5, 0.6) is 5.75 Å². The molecule has 1 amide bonds. The largest absolute Gasteiger partial charge is 0.507 e. The first-order valence-corrected chi connectivity index (χ1v) is 10.6. The lowest BCUT2D eigenvalue weighted by Crippen LogP contribution is -2.29. The average Bonchev–Trinajstić information content (AvgIpc) is 3.05. The van der Waals surface area contributed by atoms with E-state index < -0.39 is 17.7 Å². The molecule has 1 aliphatic rings. The van der Waals surface area contributed by atoms with Crippen LogP contribution < -0.4 is 9.64 Å². The number of aliphatic hydroxyl groups excluding tert-OH is 1. The maximum atomic E-state index is 13.2. The van der Waals surface area contributed by atoms with Crippen LogP contribution in [-0.2, 0) is 9.59 Å². The van der Waals surface area contributed by atoms with Crippen molar-refractivity contribution < 1.29 is 19.4 Å². The highest BCUT2D eigenvalue weighted by molar-refractivity contribution is 6.51. The summed E-state index contributed by atoms with van der Waals surface area (Å²) >= 11 is 6.02. The normalized spacial score (nSPS) is 17.8. The number of amides is 1. The molecule has 4 rings (SSSR count). The first-order valence-electron chi connectivity index (χ1n) is 10.3. The van der Waals surface area contributed by atoms with E-state index in [1.807, 2.05) is 44.2 Å². The molecule has 0 spiro atoms. The number of nitrogens with zero attached hydrogens (tertiary/aromatic N) is 1. The van der Waals surface area contributed by atoms with E-state index in [9.17, 15) is 14.7 Å². The van der Waals surface area contributed by atoms with Crippen molar-refractivity contribution in [1.82, 2.24) is 0 Å². The van der Waals surface area contributed by atoms with Crippen LogP contribution in [0.3, 0.4) is 0 Å². The fraction of sp³-hybridized carbons (Fsp3) is 0.154. The third-order valence-corrected chi connectivity index (χ3v) is 5.40. The zero-order chi connectivity index (χ0) is 22.8. The van der Waals surface area contributed by atoms with Crippen LogP contribution in [0.2, 0.25) is 5.02 Å². The van der Waals surface area contributed by atoms with E-state index in [1.54, 1.807) is 48.5 Å². The molecule has 0 saturated carbocycles. The van der Waals surface area contributed by atoms with Crippen LogP contribution in [0.1, 0.15) is 31.0 Å². The number of halogens is 1. The van der Waals surface area contributed by atoms with Gasteiger partial charge in [-0.05, 0) is 55.8 Å². The maximum Gasteiger partial charge on any atom is 0.300 e. The first kappa shape index (κ1) is 21.7. The Kier molecular flexibility index (Phi) is 6.01. The number of ketones is 1. The van der Waals surface area contributed by atoms with E-state index in [0.29, 0.717) is 27.6 Å². The van der Waals surface area contributed by atoms with E-state index in [1.165, 1.54) is 4.90 Å². The Bertz CT molecular complexity index is 1190. The van der Waals surface area contributed by atoms with Crippen molar-refractivity contribution in [3.63, 3.8) is 0 Å². The van der Waals surface area contributed by atoms with Gasteiger partial charge in [-0.1, -0.05) is 54.1 Å². The summed E-state index contributed by atoms with van der Waals surface area (Å²) < 4.78 is 5.72. The molecule has 1 aliphatic heterocycles. The van der Waals surface area contributed by atoms with E-state index >= 15 is 0 Å². The minimum Gasteiger partial charge on any atom is -0.507 e. The molecule has 0 bridgehead atoms. The molecule has 1 N–H and O–H groups in total. The monoisotopic (exact) mass is 447 g/mol. The topological polar surface area (TPSA) is 66.8 Å². The number of rotatable bonds is 5. The number of ether oxygens (including phenoxy) is 1. The second kappa shape index (κ2) is 8.89. The fourth-order valence-electron chi connectivity index (χ4n) is 3.80. The van der Waals surface area contributed by atoms with Gasteiger partial charge in [-0.2, -0.15) is 0 Å². The Morgan fingerprint density at radius 3 is 2.31 bits per heavy atom. The molecule has 1 fully saturated rings. The van der Waals surface area contributed by atoms with Gasteiger partial charge < -0.3 is 9.84 Å². The molecule has 162 valence electrons. The summed E-state index contributed by atoms with van der Waals surface area (Å²) in [5.41, 5.74) is 1.65. The molecular formula is C26H22ClNO4. The molecule has 1 unspecified atom stereocenters. The van der Waals surface area contributed by atoms with Crippen LogP contribution in [0.4, 0.5) is 5.69 Å². The molecule has 0 aliphatic carbocycles. The van der Waals surface area contributed by atoms with Gasteiger partial charge in [0.1, 0.15) is 11.5 Å². The van der Waals surface area contributed by atoms with E-state index in [2.05, 4.69) is 0 Å². The lowest BCUT2D eigenvalue weighted by molar-refractivity contribution is -0.132. The number of aliphatic hydroxyl groups is 1. The number of hydrogen-bond donors (Lipinski definition) is 1. The van der Waals surface area contributed by atoms with Gasteiger partial charge in [-0.25, -0.2) is 0 Å². The Labute approximate surface area is 191 Å². The summed E-state index contributed by atoms with van der Waals surface area (Å²) in [5, 5.41) is 11.7. The van der Waals surface area contributed by atoms with Crippen LogP contribution in [0.15, 0.2) is 84.4 Å². The molecule has 32 heavy (non-hydrogen) atoms. The summed E-state index contributed by atoms with van der Waals surface area (Å²) in [6.07, 6.45) is -0.0489. The molecule has 1 saturated heterocycles. The molecule has 3 aromatic rings. The van der Waals surface area contributed by atoms with Crippen molar-refractivity contribution in [1.29, 1.82) is 0 Å². The predicted molar refractivity (Wildman–Crippen MR) is 125 cm³/mol. The molecule has 1 atom stereocenters. The molecule has 5 nitrogen and oxygen atoms in total. The van der Waals surface area contributed by atoms with Gasteiger partial charge in [0.2, 0.25) is 0 Å². The SMILES string of the molecule is CC(C)Oc1cccc(/C(O)=C2/C(=O)C(=O)N(c3ccc(Cl)cc3)C2c2ccccc2)c1. The fourth-order valence-corrected chi connectivity index (χ4v) is 3.92. The zero-order valence-corrected chi connectivity index (χ0v) is 18.4. The van der Waals surface area contributed by atoms with Crippen molar-refractivity contribution >= 4 is 34.7 Å². The molecule has 3 aromatic carbocycles. The summed E-state index contributed by atoms with van der Waals surface area (Å²) in [5.74, 6) is -1.14. The predicted octanol–water partition coefficient (Wildman–Crippen LogP) is 5.75. The van der Waals surface area contributed by atoms with E-state index in [4.69, 9.17) is 16.3 Å². The van der Waals surface area contributed by atoms with Crippen LogP contribution in [-0.4, -0.2) is 22.9 Å². The zero-order valence-electron chi connectivity index (χ0n) is 17.7. The Morgan fingerprint density at radius 1 is 0.969 bits per heavy atom. The summed E-state index contributed by atoms with van der Waals surface area (Å²) in [7, 11) is 0. The van der Waals surface area contributed by atoms with Crippen molar-refractivity contribution in [3.05, 3.63) is 101 Å². The highest BCUT2D eigenvalue weighted by Gasteiger charge is 2.46. The number of carbonyl (C=O) groups excluding carboxylic acids is 2. The number of Topliss-reactive ketones (excluding diaryl/α,β-unsaturated/α-hetero) is 1. The average molecular weight is 448 g/mol. The van der Waals surface area contributed by atoms with Crippen LogP contribution >= 0.6 is 11.6 Å². The minimum atomic E-state index is -0.785. The standard InChI is InChI=1S/C26H22ClNO4/c1-16(2)32-21-10-6-9-18(15-21)24(29)22-23(17-7-4-3-5-8-17)28(26(31)25(22)30)20-13-11-19(27)12-14-20/h3-16,23,29H,1-2H3/b24-22-. The molecule has 0 aromatic heterocycles. The lowest BCUT2D eigenvalue weighted by Gasteiger charge is -2.25. The van der Waals surface area contributed by atoms with Crippen molar-refractivity contribution in [2.75, 3.05) is 4.90 Å². The van der Waals surface area contributed by atoms with E-state index in [0.717, 1.165) is 0 Å². The lowest BCUT2D eigenvalue weighted by atomic mass is 9.95. The second-order valence-corrected chi connectivity index (χ2v) is 8.19. The van der Waals surface area contributed by atoms with Crippen molar-refractivity contribution in [2.45, 2.75) is 26.0 Å². The van der Waals surface area contributed by atoms with Gasteiger partial charge in [0, 0.05) is 16.3 Å². The van der Waals surface area contributed by atoms with Crippen LogP contribution in [0, 0.1) is 0 Å².